The van der Waals surface area contributed by atoms with Gasteiger partial charge < -0.3 is 10.4 Å². The SMILES string of the molecule is CCCCC1(C(=O)O)CC(Br)=C(Br)N1. The molecule has 0 aromatic rings. The molecule has 0 radical (unpaired) electrons. The fraction of sp³-hybridized carbons (Fsp3) is 0.667. The van der Waals surface area contributed by atoms with Crippen LogP contribution >= 0.6 is 31.9 Å². The summed E-state index contributed by atoms with van der Waals surface area (Å²) in [5, 5.41) is 12.2. The van der Waals surface area contributed by atoms with Crippen molar-refractivity contribution in [3.8, 4) is 0 Å². The molecule has 1 atom stereocenters. The maximum atomic E-state index is 11.2. The minimum absolute atomic E-state index is 0.517. The van der Waals surface area contributed by atoms with Crippen molar-refractivity contribution in [2.75, 3.05) is 0 Å². The second-order valence-corrected chi connectivity index (χ2v) is 5.26. The van der Waals surface area contributed by atoms with Crippen molar-refractivity contribution < 1.29 is 9.90 Å². The summed E-state index contributed by atoms with van der Waals surface area (Å²) in [4.78, 5) is 11.2. The molecule has 1 heterocycles. The minimum atomic E-state index is -0.812. The number of halogens is 2. The first-order valence-electron chi connectivity index (χ1n) is 4.57. The number of rotatable bonds is 4. The molecule has 0 aliphatic carbocycles. The summed E-state index contributed by atoms with van der Waals surface area (Å²) in [6, 6.07) is 0. The number of hydrogen-bond acceptors (Lipinski definition) is 2. The Labute approximate surface area is 100 Å². The third-order valence-electron chi connectivity index (χ3n) is 2.41. The van der Waals surface area contributed by atoms with Gasteiger partial charge in [-0.3, -0.25) is 0 Å². The van der Waals surface area contributed by atoms with Crippen LogP contribution in [0.2, 0.25) is 0 Å². The monoisotopic (exact) mass is 325 g/mol. The van der Waals surface area contributed by atoms with E-state index in [1.165, 1.54) is 0 Å². The Morgan fingerprint density at radius 2 is 2.29 bits per heavy atom. The van der Waals surface area contributed by atoms with Crippen LogP contribution < -0.4 is 5.32 Å². The Kier molecular flexibility index (Phi) is 4.01. The largest absolute Gasteiger partial charge is 0.479 e. The van der Waals surface area contributed by atoms with E-state index in [0.29, 0.717) is 12.8 Å². The standard InChI is InChI=1S/C9H13Br2NO2/c1-2-3-4-9(8(13)14)5-6(10)7(11)12-9/h12H,2-5H2,1H3,(H,13,14). The summed E-state index contributed by atoms with van der Waals surface area (Å²) < 4.78 is 1.66. The van der Waals surface area contributed by atoms with Crippen molar-refractivity contribution in [2.45, 2.75) is 38.1 Å². The van der Waals surface area contributed by atoms with Crippen LogP contribution in [-0.4, -0.2) is 16.6 Å². The molecule has 0 saturated heterocycles. The Morgan fingerprint density at radius 3 is 2.64 bits per heavy atom. The maximum Gasteiger partial charge on any atom is 0.329 e. The van der Waals surface area contributed by atoms with E-state index in [1.54, 1.807) is 0 Å². The number of carboxylic acids is 1. The summed E-state index contributed by atoms with van der Waals surface area (Å²) in [7, 11) is 0. The van der Waals surface area contributed by atoms with Crippen molar-refractivity contribution in [3.05, 3.63) is 9.09 Å². The summed E-state index contributed by atoms with van der Waals surface area (Å²) >= 11 is 6.64. The van der Waals surface area contributed by atoms with Crippen LogP contribution in [-0.2, 0) is 4.79 Å². The predicted octanol–water partition coefficient (Wildman–Crippen LogP) is 2.95. The van der Waals surface area contributed by atoms with Crippen LogP contribution in [0.3, 0.4) is 0 Å². The molecule has 0 fully saturated rings. The zero-order chi connectivity index (χ0) is 10.8. The first kappa shape index (κ1) is 12.0. The average molecular weight is 327 g/mol. The molecule has 0 aromatic heterocycles. The lowest BCUT2D eigenvalue weighted by Gasteiger charge is -2.25. The van der Waals surface area contributed by atoms with Crippen molar-refractivity contribution in [2.24, 2.45) is 0 Å². The van der Waals surface area contributed by atoms with Crippen molar-refractivity contribution in [1.82, 2.24) is 5.32 Å². The van der Waals surface area contributed by atoms with Gasteiger partial charge in [-0.15, -0.1) is 0 Å². The van der Waals surface area contributed by atoms with E-state index in [4.69, 9.17) is 0 Å². The molecule has 0 saturated carbocycles. The molecule has 0 amide bonds. The molecule has 3 nitrogen and oxygen atoms in total. The van der Waals surface area contributed by atoms with Crippen LogP contribution in [0.25, 0.3) is 0 Å². The quantitative estimate of drug-likeness (QED) is 0.781. The molecule has 0 aromatic carbocycles. The highest BCUT2D eigenvalue weighted by Crippen LogP contribution is 2.37. The van der Waals surface area contributed by atoms with Gasteiger partial charge in [0.1, 0.15) is 5.54 Å². The fourth-order valence-electron chi connectivity index (χ4n) is 1.53. The first-order chi connectivity index (χ1) is 6.52. The third-order valence-corrected chi connectivity index (χ3v) is 4.30. The van der Waals surface area contributed by atoms with E-state index in [9.17, 15) is 9.90 Å². The minimum Gasteiger partial charge on any atom is -0.479 e. The molecule has 1 rings (SSSR count). The fourth-order valence-corrected chi connectivity index (χ4v) is 2.63. The lowest BCUT2D eigenvalue weighted by atomic mass is 9.91. The molecule has 0 spiro atoms. The first-order valence-corrected chi connectivity index (χ1v) is 6.16. The Bertz CT molecular complexity index is 262. The maximum absolute atomic E-state index is 11.2. The number of unbranched alkanes of at least 4 members (excludes halogenated alkanes) is 1. The van der Waals surface area contributed by atoms with Crippen LogP contribution in [0.5, 0.6) is 0 Å². The van der Waals surface area contributed by atoms with Gasteiger partial charge in [0.05, 0.1) is 4.61 Å². The molecule has 1 unspecified atom stereocenters. The summed E-state index contributed by atoms with van der Waals surface area (Å²) in [5.74, 6) is -0.780. The Morgan fingerprint density at radius 1 is 1.64 bits per heavy atom. The molecule has 1 aliphatic heterocycles. The molecular weight excluding hydrogens is 314 g/mol. The van der Waals surface area contributed by atoms with Crippen molar-refractivity contribution in [3.63, 3.8) is 0 Å². The van der Waals surface area contributed by atoms with Crippen molar-refractivity contribution in [1.29, 1.82) is 0 Å². The molecule has 14 heavy (non-hydrogen) atoms. The highest BCUT2D eigenvalue weighted by Gasteiger charge is 2.43. The van der Waals surface area contributed by atoms with Crippen molar-refractivity contribution >= 4 is 37.8 Å². The zero-order valence-electron chi connectivity index (χ0n) is 7.94. The van der Waals surface area contributed by atoms with E-state index < -0.39 is 11.5 Å². The predicted molar refractivity (Wildman–Crippen MR) is 62.5 cm³/mol. The second-order valence-electron chi connectivity index (χ2n) is 3.51. The van der Waals surface area contributed by atoms with Gasteiger partial charge in [-0.2, -0.15) is 0 Å². The van der Waals surface area contributed by atoms with Gasteiger partial charge in [-0.1, -0.05) is 35.7 Å². The van der Waals surface area contributed by atoms with Gasteiger partial charge in [-0.05, 0) is 22.4 Å². The molecule has 1 aliphatic rings. The summed E-state index contributed by atoms with van der Waals surface area (Å²) in [6.45, 7) is 2.06. The van der Waals surface area contributed by atoms with Crippen LogP contribution in [0.4, 0.5) is 0 Å². The Balaban J connectivity index is 2.74. The highest BCUT2D eigenvalue weighted by molar-refractivity contribution is 9.14. The molecule has 80 valence electrons. The van der Waals surface area contributed by atoms with E-state index in [0.717, 1.165) is 21.9 Å². The summed E-state index contributed by atoms with van der Waals surface area (Å²) in [5.41, 5.74) is -0.812. The lowest BCUT2D eigenvalue weighted by molar-refractivity contribution is -0.144. The third kappa shape index (κ3) is 2.31. The topological polar surface area (TPSA) is 49.3 Å². The normalized spacial score (nSPS) is 26.5. The molecule has 5 heteroatoms. The van der Waals surface area contributed by atoms with Gasteiger partial charge in [0.25, 0.3) is 0 Å². The molecule has 2 N–H and O–H groups in total. The van der Waals surface area contributed by atoms with Crippen LogP contribution in [0.15, 0.2) is 9.09 Å². The molecular formula is C9H13Br2NO2. The van der Waals surface area contributed by atoms with Gasteiger partial charge in [0.2, 0.25) is 0 Å². The van der Waals surface area contributed by atoms with E-state index in [2.05, 4.69) is 44.1 Å². The van der Waals surface area contributed by atoms with Gasteiger partial charge in [-0.25, -0.2) is 4.79 Å². The highest BCUT2D eigenvalue weighted by atomic mass is 79.9. The average Bonchev–Trinajstić information content (AvgIpc) is 2.41. The van der Waals surface area contributed by atoms with Crippen LogP contribution in [0, 0.1) is 0 Å². The second kappa shape index (κ2) is 4.66. The lowest BCUT2D eigenvalue weighted by Crippen LogP contribution is -2.47. The van der Waals surface area contributed by atoms with E-state index in [1.807, 2.05) is 0 Å². The Hall–Kier alpha value is -0.0300. The number of carbonyl (C=O) groups is 1. The van der Waals surface area contributed by atoms with Gasteiger partial charge >= 0.3 is 5.97 Å². The van der Waals surface area contributed by atoms with Crippen LogP contribution in [0.1, 0.15) is 32.6 Å². The smallest absolute Gasteiger partial charge is 0.329 e. The van der Waals surface area contributed by atoms with Gasteiger partial charge in [0.15, 0.2) is 0 Å². The number of nitrogens with one attached hydrogen (secondary N) is 1. The number of carboxylic acid groups (broad SMARTS) is 1. The number of aliphatic carboxylic acids is 1. The summed E-state index contributed by atoms with van der Waals surface area (Å²) in [6.07, 6.45) is 3.09. The zero-order valence-corrected chi connectivity index (χ0v) is 11.1. The van der Waals surface area contributed by atoms with E-state index in [-0.39, 0.29) is 0 Å². The molecule has 0 bridgehead atoms. The van der Waals surface area contributed by atoms with E-state index >= 15 is 0 Å². The van der Waals surface area contributed by atoms with Gasteiger partial charge in [0, 0.05) is 10.9 Å². The number of hydrogen-bond donors (Lipinski definition) is 2.